The van der Waals surface area contributed by atoms with Gasteiger partial charge in [-0.15, -0.1) is 0 Å². The Balaban J connectivity index is 1.83. The number of benzene rings is 1. The van der Waals surface area contributed by atoms with Gasteiger partial charge < -0.3 is 14.5 Å². The zero-order valence-corrected chi connectivity index (χ0v) is 12.5. The van der Waals surface area contributed by atoms with Crippen LogP contribution < -0.4 is 5.32 Å². The van der Waals surface area contributed by atoms with E-state index in [0.29, 0.717) is 5.92 Å². The number of furan rings is 1. The maximum absolute atomic E-state index is 6.03. The Morgan fingerprint density at radius 1 is 1.40 bits per heavy atom. The highest BCUT2D eigenvalue weighted by Gasteiger charge is 2.23. The van der Waals surface area contributed by atoms with Crippen LogP contribution in [0.3, 0.4) is 0 Å². The molecule has 1 aromatic heterocycles. The highest BCUT2D eigenvalue weighted by molar-refractivity contribution is 6.31. The van der Waals surface area contributed by atoms with Crippen LogP contribution in [0.5, 0.6) is 0 Å². The van der Waals surface area contributed by atoms with Gasteiger partial charge in [-0.05, 0) is 49.6 Å². The van der Waals surface area contributed by atoms with Gasteiger partial charge in [0.05, 0.1) is 6.04 Å². The first kappa shape index (κ1) is 13.9. The van der Waals surface area contributed by atoms with Crippen LogP contribution in [0.2, 0.25) is 5.02 Å². The molecule has 108 valence electrons. The first-order valence-corrected chi connectivity index (χ1v) is 7.64. The van der Waals surface area contributed by atoms with E-state index in [1.807, 2.05) is 18.2 Å². The topological polar surface area (TPSA) is 34.4 Å². The summed E-state index contributed by atoms with van der Waals surface area (Å²) in [5, 5.41) is 5.33. The number of rotatable bonds is 5. The lowest BCUT2D eigenvalue weighted by atomic mass is 9.97. The van der Waals surface area contributed by atoms with E-state index in [2.05, 4.69) is 18.3 Å². The summed E-state index contributed by atoms with van der Waals surface area (Å²) >= 11 is 6.03. The van der Waals surface area contributed by atoms with Gasteiger partial charge in [0.15, 0.2) is 0 Å². The second-order valence-electron chi connectivity index (χ2n) is 5.41. The van der Waals surface area contributed by atoms with Crippen molar-refractivity contribution in [1.82, 2.24) is 5.32 Å². The Kier molecular flexibility index (Phi) is 4.29. The van der Waals surface area contributed by atoms with Crippen molar-refractivity contribution >= 4 is 22.6 Å². The van der Waals surface area contributed by atoms with Crippen molar-refractivity contribution in [3.8, 4) is 0 Å². The van der Waals surface area contributed by atoms with Gasteiger partial charge in [-0.3, -0.25) is 0 Å². The number of hydrogen-bond acceptors (Lipinski definition) is 3. The predicted molar refractivity (Wildman–Crippen MR) is 81.2 cm³/mol. The summed E-state index contributed by atoms with van der Waals surface area (Å²) in [4.78, 5) is 0. The van der Waals surface area contributed by atoms with Crippen molar-refractivity contribution in [3.63, 3.8) is 0 Å². The van der Waals surface area contributed by atoms with E-state index in [-0.39, 0.29) is 6.04 Å². The standard InChI is InChI=1S/C16H20ClNO2/c1-2-18-14(7-11-5-6-19-10-11)16-9-12-8-13(17)3-4-15(12)20-16/h3-4,8-9,11,14,18H,2,5-7,10H2,1H3. The van der Waals surface area contributed by atoms with E-state index >= 15 is 0 Å². The van der Waals surface area contributed by atoms with Crippen LogP contribution in [0.15, 0.2) is 28.7 Å². The Hall–Kier alpha value is -1.03. The molecule has 2 atom stereocenters. The van der Waals surface area contributed by atoms with Gasteiger partial charge in [-0.2, -0.15) is 0 Å². The molecule has 1 aliphatic heterocycles. The molecule has 1 aromatic carbocycles. The zero-order valence-electron chi connectivity index (χ0n) is 11.7. The monoisotopic (exact) mass is 293 g/mol. The number of ether oxygens (including phenoxy) is 1. The second kappa shape index (κ2) is 6.17. The Bertz CT molecular complexity index is 575. The third kappa shape index (κ3) is 3.00. The first-order chi connectivity index (χ1) is 9.76. The van der Waals surface area contributed by atoms with Crippen LogP contribution >= 0.6 is 11.6 Å². The zero-order chi connectivity index (χ0) is 13.9. The van der Waals surface area contributed by atoms with Crippen molar-refractivity contribution in [1.29, 1.82) is 0 Å². The van der Waals surface area contributed by atoms with Gasteiger partial charge >= 0.3 is 0 Å². The minimum Gasteiger partial charge on any atom is -0.459 e. The van der Waals surface area contributed by atoms with Gasteiger partial charge in [0.25, 0.3) is 0 Å². The van der Waals surface area contributed by atoms with Crippen LogP contribution in [-0.2, 0) is 4.74 Å². The number of nitrogens with one attached hydrogen (secondary N) is 1. The minimum atomic E-state index is 0.248. The molecule has 20 heavy (non-hydrogen) atoms. The largest absolute Gasteiger partial charge is 0.459 e. The summed E-state index contributed by atoms with van der Waals surface area (Å²) in [5.74, 6) is 1.62. The fraction of sp³-hybridized carbons (Fsp3) is 0.500. The van der Waals surface area contributed by atoms with E-state index in [4.69, 9.17) is 20.8 Å². The van der Waals surface area contributed by atoms with Crippen LogP contribution in [0.1, 0.15) is 31.6 Å². The van der Waals surface area contributed by atoms with E-state index in [1.165, 1.54) is 0 Å². The molecular weight excluding hydrogens is 274 g/mol. The van der Waals surface area contributed by atoms with Crippen molar-refractivity contribution in [2.75, 3.05) is 19.8 Å². The van der Waals surface area contributed by atoms with Crippen molar-refractivity contribution in [2.24, 2.45) is 5.92 Å². The average molecular weight is 294 g/mol. The van der Waals surface area contributed by atoms with Crippen molar-refractivity contribution < 1.29 is 9.15 Å². The quantitative estimate of drug-likeness (QED) is 0.899. The van der Waals surface area contributed by atoms with E-state index in [1.54, 1.807) is 0 Å². The summed E-state index contributed by atoms with van der Waals surface area (Å²) < 4.78 is 11.5. The van der Waals surface area contributed by atoms with Crippen LogP contribution in [-0.4, -0.2) is 19.8 Å². The molecule has 2 heterocycles. The lowest BCUT2D eigenvalue weighted by Gasteiger charge is -2.18. The summed E-state index contributed by atoms with van der Waals surface area (Å²) in [5.41, 5.74) is 0.898. The van der Waals surface area contributed by atoms with Gasteiger partial charge in [-0.1, -0.05) is 18.5 Å². The maximum Gasteiger partial charge on any atom is 0.134 e. The van der Waals surface area contributed by atoms with Gasteiger partial charge in [0, 0.05) is 23.6 Å². The van der Waals surface area contributed by atoms with Gasteiger partial charge in [-0.25, -0.2) is 0 Å². The van der Waals surface area contributed by atoms with Crippen LogP contribution in [0, 0.1) is 5.92 Å². The van der Waals surface area contributed by atoms with E-state index in [9.17, 15) is 0 Å². The van der Waals surface area contributed by atoms with E-state index < -0.39 is 0 Å². The lowest BCUT2D eigenvalue weighted by molar-refractivity contribution is 0.180. The molecule has 0 aliphatic carbocycles. The Labute approximate surface area is 124 Å². The number of halogens is 1. The molecule has 0 spiro atoms. The Morgan fingerprint density at radius 2 is 2.30 bits per heavy atom. The molecule has 2 aromatic rings. The predicted octanol–water partition coefficient (Wildman–Crippen LogP) is 4.16. The molecule has 1 aliphatic rings. The molecular formula is C16H20ClNO2. The average Bonchev–Trinajstić information content (AvgIpc) is 3.06. The molecule has 0 bridgehead atoms. The molecule has 1 N–H and O–H groups in total. The first-order valence-electron chi connectivity index (χ1n) is 7.26. The van der Waals surface area contributed by atoms with Crippen LogP contribution in [0.4, 0.5) is 0 Å². The minimum absolute atomic E-state index is 0.248. The number of fused-ring (bicyclic) bond motifs is 1. The molecule has 3 nitrogen and oxygen atoms in total. The molecule has 3 rings (SSSR count). The smallest absolute Gasteiger partial charge is 0.134 e. The molecule has 1 saturated heterocycles. The maximum atomic E-state index is 6.03. The summed E-state index contributed by atoms with van der Waals surface area (Å²) in [6.45, 7) is 4.81. The number of hydrogen-bond donors (Lipinski definition) is 1. The van der Waals surface area contributed by atoms with Crippen molar-refractivity contribution in [3.05, 3.63) is 35.0 Å². The molecule has 0 radical (unpaired) electrons. The molecule has 4 heteroatoms. The molecule has 1 fully saturated rings. The second-order valence-corrected chi connectivity index (χ2v) is 5.84. The van der Waals surface area contributed by atoms with Gasteiger partial charge in [0.2, 0.25) is 0 Å². The third-order valence-corrected chi connectivity index (χ3v) is 4.12. The normalized spacial score (nSPS) is 20.6. The SMILES string of the molecule is CCNC(CC1CCOC1)c1cc2cc(Cl)ccc2o1. The lowest BCUT2D eigenvalue weighted by Crippen LogP contribution is -2.23. The highest BCUT2D eigenvalue weighted by Crippen LogP contribution is 2.31. The molecule has 2 unspecified atom stereocenters. The van der Waals surface area contributed by atoms with Crippen molar-refractivity contribution in [2.45, 2.75) is 25.8 Å². The highest BCUT2D eigenvalue weighted by atomic mass is 35.5. The van der Waals surface area contributed by atoms with Gasteiger partial charge in [0.1, 0.15) is 11.3 Å². The Morgan fingerprint density at radius 3 is 3.05 bits per heavy atom. The fourth-order valence-corrected chi connectivity index (χ4v) is 3.04. The summed E-state index contributed by atoms with van der Waals surface area (Å²) in [7, 11) is 0. The fourth-order valence-electron chi connectivity index (χ4n) is 2.86. The molecule has 0 amide bonds. The van der Waals surface area contributed by atoms with Crippen LogP contribution in [0.25, 0.3) is 11.0 Å². The van der Waals surface area contributed by atoms with E-state index in [0.717, 1.165) is 54.4 Å². The molecule has 0 saturated carbocycles. The summed E-state index contributed by atoms with van der Waals surface area (Å²) in [6, 6.07) is 8.10. The third-order valence-electron chi connectivity index (χ3n) is 3.88. The summed E-state index contributed by atoms with van der Waals surface area (Å²) in [6.07, 6.45) is 2.20.